The van der Waals surface area contributed by atoms with E-state index in [1.807, 2.05) is 0 Å². The van der Waals surface area contributed by atoms with Crippen LogP contribution < -0.4 is 32.3 Å². The summed E-state index contributed by atoms with van der Waals surface area (Å²) in [6.07, 6.45) is -2.94. The molecule has 0 bridgehead atoms. The molecule has 10 nitrogen and oxygen atoms in total. The van der Waals surface area contributed by atoms with Crippen molar-refractivity contribution in [2.75, 3.05) is 26.3 Å². The second-order valence-electron chi connectivity index (χ2n) is 4.33. The molecule has 10 heteroatoms. The number of hydrogen-bond donors (Lipinski definition) is 10. The first kappa shape index (κ1) is 16.7. The van der Waals surface area contributed by atoms with Crippen LogP contribution in [0.3, 0.4) is 0 Å². The summed E-state index contributed by atoms with van der Waals surface area (Å²) in [5.41, 5.74) is 5.73. The van der Waals surface area contributed by atoms with Gasteiger partial charge in [-0.05, 0) is 0 Å². The molecular weight excluding hydrogens is 256 g/mol. The van der Waals surface area contributed by atoms with Gasteiger partial charge in [-0.2, -0.15) is 0 Å². The topological polar surface area (TPSA) is 167 Å². The van der Waals surface area contributed by atoms with Crippen LogP contribution in [0.25, 0.3) is 0 Å². The molecule has 1 fully saturated rings. The maximum Gasteiger partial charge on any atom is 0.116 e. The van der Waals surface area contributed by atoms with Crippen molar-refractivity contribution in [3.05, 3.63) is 0 Å². The summed E-state index contributed by atoms with van der Waals surface area (Å²) in [5.74, 6) is 0. The van der Waals surface area contributed by atoms with E-state index in [4.69, 9.17) is 15.9 Å². The number of aliphatic hydroxyl groups is 4. The summed E-state index contributed by atoms with van der Waals surface area (Å²) < 4.78 is 0. The summed E-state index contributed by atoms with van der Waals surface area (Å²) in [4.78, 5) is 0. The van der Waals surface area contributed by atoms with Crippen molar-refractivity contribution in [2.24, 2.45) is 5.73 Å². The Morgan fingerprint density at radius 3 is 1.68 bits per heavy atom. The van der Waals surface area contributed by atoms with Gasteiger partial charge in [0.25, 0.3) is 0 Å². The van der Waals surface area contributed by atoms with Crippen LogP contribution in [0.1, 0.15) is 0 Å². The summed E-state index contributed by atoms with van der Waals surface area (Å²) in [7, 11) is 0. The van der Waals surface area contributed by atoms with Crippen molar-refractivity contribution in [3.8, 4) is 0 Å². The number of aliphatic hydroxyl groups excluding tert-OH is 4. The average molecular weight is 280 g/mol. The standard InChI is InChI=1S/C9H24N6O4/c10-7-13-8(11-1-5(18)3-16)15-9(14-7)12-2-6(19)4-17/h5-9,11-19H,1-4,10H2. The Balaban J connectivity index is 2.31. The van der Waals surface area contributed by atoms with Gasteiger partial charge in [0.1, 0.15) is 18.9 Å². The molecule has 0 aromatic heterocycles. The van der Waals surface area contributed by atoms with E-state index < -0.39 is 18.5 Å². The molecule has 4 atom stereocenters. The molecular formula is C9H24N6O4. The van der Waals surface area contributed by atoms with Crippen LogP contribution in [-0.2, 0) is 0 Å². The van der Waals surface area contributed by atoms with Crippen molar-refractivity contribution in [1.82, 2.24) is 26.6 Å². The number of rotatable bonds is 8. The smallest absolute Gasteiger partial charge is 0.116 e. The maximum absolute atomic E-state index is 9.24. The van der Waals surface area contributed by atoms with Crippen molar-refractivity contribution in [2.45, 2.75) is 31.1 Å². The van der Waals surface area contributed by atoms with Gasteiger partial charge in [0.2, 0.25) is 0 Å². The minimum Gasteiger partial charge on any atom is -0.394 e. The van der Waals surface area contributed by atoms with Gasteiger partial charge >= 0.3 is 0 Å². The SMILES string of the molecule is NC1NC(NCC(O)CO)NC(NCC(O)CO)N1. The monoisotopic (exact) mass is 280 g/mol. The van der Waals surface area contributed by atoms with E-state index in [0.29, 0.717) is 0 Å². The molecule has 1 heterocycles. The number of nitrogens with one attached hydrogen (secondary N) is 5. The second-order valence-corrected chi connectivity index (χ2v) is 4.33. The zero-order valence-electron chi connectivity index (χ0n) is 10.6. The van der Waals surface area contributed by atoms with Crippen LogP contribution in [-0.4, -0.2) is 77.8 Å². The second kappa shape index (κ2) is 8.71. The molecule has 0 aromatic rings. The Labute approximate surface area is 111 Å². The lowest BCUT2D eigenvalue weighted by molar-refractivity contribution is 0.0687. The minimum atomic E-state index is -0.850. The highest BCUT2D eigenvalue weighted by Crippen LogP contribution is 1.89. The van der Waals surface area contributed by atoms with Gasteiger partial charge in [-0.3, -0.25) is 26.6 Å². The van der Waals surface area contributed by atoms with Crippen LogP contribution in [0.2, 0.25) is 0 Å². The molecule has 1 aliphatic heterocycles. The largest absolute Gasteiger partial charge is 0.394 e. The Morgan fingerprint density at radius 2 is 1.32 bits per heavy atom. The lowest BCUT2D eigenvalue weighted by atomic mass is 10.3. The van der Waals surface area contributed by atoms with E-state index >= 15 is 0 Å². The molecule has 0 radical (unpaired) electrons. The van der Waals surface area contributed by atoms with E-state index in [0.717, 1.165) is 0 Å². The molecule has 0 saturated carbocycles. The molecule has 0 amide bonds. The fraction of sp³-hybridized carbons (Fsp3) is 1.00. The van der Waals surface area contributed by atoms with Gasteiger partial charge in [0, 0.05) is 13.1 Å². The van der Waals surface area contributed by atoms with Crippen LogP contribution in [0.4, 0.5) is 0 Å². The van der Waals surface area contributed by atoms with Gasteiger partial charge < -0.3 is 26.2 Å². The van der Waals surface area contributed by atoms with Crippen molar-refractivity contribution < 1.29 is 20.4 Å². The van der Waals surface area contributed by atoms with Crippen LogP contribution in [0.15, 0.2) is 0 Å². The third-order valence-corrected chi connectivity index (χ3v) is 2.56. The molecule has 19 heavy (non-hydrogen) atoms. The molecule has 1 aliphatic rings. The van der Waals surface area contributed by atoms with Crippen LogP contribution in [0.5, 0.6) is 0 Å². The molecule has 0 spiro atoms. The number of hydrogen-bond acceptors (Lipinski definition) is 10. The lowest BCUT2D eigenvalue weighted by Crippen LogP contribution is -2.77. The first-order valence-electron chi connectivity index (χ1n) is 6.13. The molecule has 1 rings (SSSR count). The highest BCUT2D eigenvalue weighted by atomic mass is 16.3. The third-order valence-electron chi connectivity index (χ3n) is 2.56. The summed E-state index contributed by atoms with van der Waals surface area (Å²) >= 11 is 0. The zero-order valence-corrected chi connectivity index (χ0v) is 10.6. The predicted octanol–water partition coefficient (Wildman–Crippen LogP) is -5.54. The van der Waals surface area contributed by atoms with E-state index in [2.05, 4.69) is 26.6 Å². The minimum absolute atomic E-state index is 0.194. The maximum atomic E-state index is 9.24. The van der Waals surface area contributed by atoms with Crippen LogP contribution in [0, 0.1) is 0 Å². The van der Waals surface area contributed by atoms with Crippen LogP contribution >= 0.6 is 0 Å². The van der Waals surface area contributed by atoms with E-state index in [1.54, 1.807) is 0 Å². The Hall–Kier alpha value is -0.400. The van der Waals surface area contributed by atoms with Gasteiger partial charge in [-0.25, -0.2) is 0 Å². The molecule has 114 valence electrons. The predicted molar refractivity (Wildman–Crippen MR) is 67.1 cm³/mol. The Morgan fingerprint density at radius 1 is 0.895 bits per heavy atom. The van der Waals surface area contributed by atoms with Gasteiger partial charge in [0.05, 0.1) is 25.4 Å². The molecule has 0 aliphatic carbocycles. The zero-order chi connectivity index (χ0) is 14.3. The van der Waals surface area contributed by atoms with Gasteiger partial charge in [-0.15, -0.1) is 0 Å². The molecule has 0 aromatic carbocycles. The van der Waals surface area contributed by atoms with Crippen molar-refractivity contribution in [1.29, 1.82) is 0 Å². The Kier molecular flexibility index (Phi) is 7.63. The van der Waals surface area contributed by atoms with E-state index in [9.17, 15) is 10.2 Å². The van der Waals surface area contributed by atoms with Crippen molar-refractivity contribution in [3.63, 3.8) is 0 Å². The van der Waals surface area contributed by atoms with Crippen molar-refractivity contribution >= 4 is 0 Å². The van der Waals surface area contributed by atoms with Gasteiger partial charge in [0.15, 0.2) is 0 Å². The Bertz CT molecular complexity index is 227. The summed E-state index contributed by atoms with van der Waals surface area (Å²) in [6.45, 7) is -0.261. The molecule has 11 N–H and O–H groups in total. The highest BCUT2D eigenvalue weighted by molar-refractivity contribution is 4.79. The first-order valence-corrected chi connectivity index (χ1v) is 6.13. The number of nitrogens with two attached hydrogens (primary N) is 1. The molecule has 4 unspecified atom stereocenters. The average Bonchev–Trinajstić information content (AvgIpc) is 2.41. The quantitative estimate of drug-likeness (QED) is 0.207. The fourth-order valence-corrected chi connectivity index (χ4v) is 1.54. The summed E-state index contributed by atoms with van der Waals surface area (Å²) in [6, 6.07) is 0. The first-order chi connectivity index (χ1) is 9.05. The highest BCUT2D eigenvalue weighted by Gasteiger charge is 2.24. The lowest BCUT2D eigenvalue weighted by Gasteiger charge is -2.38. The fourth-order valence-electron chi connectivity index (χ4n) is 1.54. The van der Waals surface area contributed by atoms with E-state index in [-0.39, 0.29) is 38.9 Å². The van der Waals surface area contributed by atoms with E-state index in [1.165, 1.54) is 0 Å². The molecule has 1 saturated heterocycles. The summed E-state index contributed by atoms with van der Waals surface area (Å²) in [5, 5.41) is 50.6. The third kappa shape index (κ3) is 6.54. The normalized spacial score (nSPS) is 31.1. The van der Waals surface area contributed by atoms with Gasteiger partial charge in [-0.1, -0.05) is 0 Å².